The van der Waals surface area contributed by atoms with E-state index in [1.165, 1.54) is 27.0 Å². The van der Waals surface area contributed by atoms with Crippen LogP contribution in [0.15, 0.2) is 16.3 Å². The Balaban J connectivity index is 4.65. The molecule has 0 atom stereocenters. The zero-order valence-electron chi connectivity index (χ0n) is 6.67. The molecule has 0 rings (SSSR count). The summed E-state index contributed by atoms with van der Waals surface area (Å²) in [5, 5.41) is 0. The van der Waals surface area contributed by atoms with Crippen LogP contribution < -0.4 is 0 Å². The molecule has 0 heterocycles. The van der Waals surface area contributed by atoms with Crippen molar-refractivity contribution >= 4 is 12.0 Å². The SMILES string of the molecule is COC(=O)/C(C)=C(/C)N=C=O. The topological polar surface area (TPSA) is 55.7 Å². The zero-order chi connectivity index (χ0) is 8.85. The maximum absolute atomic E-state index is 10.8. The molecule has 0 unspecified atom stereocenters. The summed E-state index contributed by atoms with van der Waals surface area (Å²) in [6, 6.07) is 0. The summed E-state index contributed by atoms with van der Waals surface area (Å²) in [5.74, 6) is -0.485. The Hall–Kier alpha value is -1.41. The number of carbonyl (C=O) groups is 1. The Morgan fingerprint density at radius 2 is 2.00 bits per heavy atom. The minimum absolute atomic E-state index is 0.316. The van der Waals surface area contributed by atoms with E-state index in [4.69, 9.17) is 0 Å². The second kappa shape index (κ2) is 4.41. The molecule has 0 amide bonds. The number of methoxy groups -OCH3 is 1. The van der Waals surface area contributed by atoms with Gasteiger partial charge in [-0.2, -0.15) is 4.99 Å². The van der Waals surface area contributed by atoms with E-state index in [-0.39, 0.29) is 0 Å². The smallest absolute Gasteiger partial charge is 0.335 e. The fourth-order valence-corrected chi connectivity index (χ4v) is 0.453. The largest absolute Gasteiger partial charge is 0.466 e. The van der Waals surface area contributed by atoms with Crippen molar-refractivity contribution in [3.63, 3.8) is 0 Å². The molecular formula is C7H9NO3. The van der Waals surface area contributed by atoms with Crippen molar-refractivity contribution < 1.29 is 14.3 Å². The molecule has 0 radical (unpaired) electrons. The zero-order valence-corrected chi connectivity index (χ0v) is 6.67. The van der Waals surface area contributed by atoms with Crippen molar-refractivity contribution in [3.8, 4) is 0 Å². The minimum atomic E-state index is -0.485. The highest BCUT2D eigenvalue weighted by Crippen LogP contribution is 2.04. The average molecular weight is 155 g/mol. The molecule has 0 spiro atoms. The standard InChI is InChI=1S/C7H9NO3/c1-5(7(10)11-3)6(2)8-4-9/h1-3H3/b6-5-. The molecule has 0 aromatic carbocycles. The van der Waals surface area contributed by atoms with Gasteiger partial charge in [0.15, 0.2) is 0 Å². The van der Waals surface area contributed by atoms with Gasteiger partial charge in [-0.3, -0.25) is 0 Å². The van der Waals surface area contributed by atoms with Crippen LogP contribution >= 0.6 is 0 Å². The number of ether oxygens (including phenoxy) is 1. The number of rotatable bonds is 2. The second-order valence-corrected chi connectivity index (χ2v) is 1.91. The quantitative estimate of drug-likeness (QED) is 0.256. The minimum Gasteiger partial charge on any atom is -0.466 e. The first-order chi connectivity index (χ1) is 5.13. The van der Waals surface area contributed by atoms with Gasteiger partial charge in [0.1, 0.15) is 0 Å². The van der Waals surface area contributed by atoms with Gasteiger partial charge in [0.2, 0.25) is 6.08 Å². The third-order valence-corrected chi connectivity index (χ3v) is 1.25. The molecule has 4 nitrogen and oxygen atoms in total. The molecule has 0 N–H and O–H groups in total. The number of hydrogen-bond acceptors (Lipinski definition) is 4. The van der Waals surface area contributed by atoms with E-state index in [2.05, 4.69) is 9.73 Å². The summed E-state index contributed by atoms with van der Waals surface area (Å²) in [5.41, 5.74) is 0.641. The van der Waals surface area contributed by atoms with Crippen molar-refractivity contribution in [2.24, 2.45) is 4.99 Å². The molecule has 60 valence electrons. The number of isocyanates is 1. The molecule has 11 heavy (non-hydrogen) atoms. The number of allylic oxidation sites excluding steroid dienone is 1. The Kier molecular flexibility index (Phi) is 3.85. The predicted molar refractivity (Wildman–Crippen MR) is 38.5 cm³/mol. The molecule has 4 heteroatoms. The predicted octanol–water partition coefficient (Wildman–Crippen LogP) is 0.789. The highest BCUT2D eigenvalue weighted by Gasteiger charge is 2.05. The first-order valence-corrected chi connectivity index (χ1v) is 2.97. The third kappa shape index (κ3) is 2.78. The first-order valence-electron chi connectivity index (χ1n) is 2.97. The van der Waals surface area contributed by atoms with E-state index in [0.717, 1.165) is 0 Å². The van der Waals surface area contributed by atoms with Gasteiger partial charge in [-0.15, -0.1) is 0 Å². The first kappa shape index (κ1) is 9.59. The van der Waals surface area contributed by atoms with E-state index in [1.807, 2.05) is 0 Å². The van der Waals surface area contributed by atoms with Gasteiger partial charge in [0.25, 0.3) is 0 Å². The van der Waals surface area contributed by atoms with Gasteiger partial charge in [0.05, 0.1) is 18.4 Å². The number of aliphatic imine (C=N–C) groups is 1. The maximum Gasteiger partial charge on any atom is 0.335 e. The molecule has 0 aromatic rings. The molecule has 0 aliphatic carbocycles. The average Bonchev–Trinajstić information content (AvgIpc) is 2.02. The van der Waals surface area contributed by atoms with Crippen LogP contribution in [-0.2, 0) is 14.3 Å². The Morgan fingerprint density at radius 3 is 2.36 bits per heavy atom. The van der Waals surface area contributed by atoms with Crippen LogP contribution in [-0.4, -0.2) is 19.2 Å². The summed E-state index contributed by atoms with van der Waals surface area (Å²) >= 11 is 0. The number of esters is 1. The fourth-order valence-electron chi connectivity index (χ4n) is 0.453. The molecule has 0 aromatic heterocycles. The molecular weight excluding hydrogens is 146 g/mol. The van der Waals surface area contributed by atoms with Crippen LogP contribution in [0.1, 0.15) is 13.8 Å². The fraction of sp³-hybridized carbons (Fsp3) is 0.429. The lowest BCUT2D eigenvalue weighted by molar-refractivity contribution is -0.136. The lowest BCUT2D eigenvalue weighted by atomic mass is 10.2. The monoisotopic (exact) mass is 155 g/mol. The van der Waals surface area contributed by atoms with Crippen molar-refractivity contribution in [1.82, 2.24) is 0 Å². The van der Waals surface area contributed by atoms with Gasteiger partial charge >= 0.3 is 5.97 Å². The summed E-state index contributed by atoms with van der Waals surface area (Å²) in [7, 11) is 1.27. The van der Waals surface area contributed by atoms with Crippen LogP contribution in [0.3, 0.4) is 0 Å². The van der Waals surface area contributed by atoms with Crippen LogP contribution in [0.25, 0.3) is 0 Å². The highest BCUT2D eigenvalue weighted by molar-refractivity contribution is 5.88. The Labute approximate surface area is 64.6 Å². The van der Waals surface area contributed by atoms with Crippen LogP contribution in [0.2, 0.25) is 0 Å². The van der Waals surface area contributed by atoms with Gasteiger partial charge in [-0.25, -0.2) is 9.59 Å². The molecule has 0 saturated heterocycles. The summed E-state index contributed by atoms with van der Waals surface area (Å²) in [4.78, 5) is 23.8. The van der Waals surface area contributed by atoms with Crippen molar-refractivity contribution in [2.75, 3.05) is 7.11 Å². The van der Waals surface area contributed by atoms with Crippen LogP contribution in [0.5, 0.6) is 0 Å². The van der Waals surface area contributed by atoms with Gasteiger partial charge < -0.3 is 4.74 Å². The van der Waals surface area contributed by atoms with E-state index in [0.29, 0.717) is 11.3 Å². The number of hydrogen-bond donors (Lipinski definition) is 0. The third-order valence-electron chi connectivity index (χ3n) is 1.25. The van der Waals surface area contributed by atoms with Crippen LogP contribution in [0.4, 0.5) is 0 Å². The molecule has 0 aliphatic heterocycles. The van der Waals surface area contributed by atoms with Crippen molar-refractivity contribution in [2.45, 2.75) is 13.8 Å². The number of nitrogens with zero attached hydrogens (tertiary/aromatic N) is 1. The van der Waals surface area contributed by atoms with E-state index in [1.54, 1.807) is 0 Å². The lowest BCUT2D eigenvalue weighted by Gasteiger charge is -1.98. The highest BCUT2D eigenvalue weighted by atomic mass is 16.5. The van der Waals surface area contributed by atoms with Crippen molar-refractivity contribution in [1.29, 1.82) is 0 Å². The lowest BCUT2D eigenvalue weighted by Crippen LogP contribution is -2.02. The number of carbonyl (C=O) groups excluding carboxylic acids is 2. The second-order valence-electron chi connectivity index (χ2n) is 1.91. The summed E-state index contributed by atoms with van der Waals surface area (Å²) in [6.07, 6.45) is 1.34. The van der Waals surface area contributed by atoms with E-state index < -0.39 is 5.97 Å². The van der Waals surface area contributed by atoms with Crippen LogP contribution in [0, 0.1) is 0 Å². The summed E-state index contributed by atoms with van der Waals surface area (Å²) < 4.78 is 4.39. The van der Waals surface area contributed by atoms with Gasteiger partial charge in [-0.05, 0) is 13.8 Å². The van der Waals surface area contributed by atoms with E-state index >= 15 is 0 Å². The van der Waals surface area contributed by atoms with E-state index in [9.17, 15) is 9.59 Å². The molecule has 0 fully saturated rings. The molecule has 0 aliphatic rings. The Bertz CT molecular complexity index is 236. The summed E-state index contributed by atoms with van der Waals surface area (Å²) in [6.45, 7) is 3.07. The van der Waals surface area contributed by atoms with Gasteiger partial charge in [0, 0.05) is 0 Å². The van der Waals surface area contributed by atoms with Gasteiger partial charge in [-0.1, -0.05) is 0 Å². The van der Waals surface area contributed by atoms with Crippen molar-refractivity contribution in [3.05, 3.63) is 11.3 Å². The molecule has 0 bridgehead atoms. The Morgan fingerprint density at radius 1 is 1.45 bits per heavy atom. The maximum atomic E-state index is 10.8. The normalized spacial score (nSPS) is 11.2. The molecule has 0 saturated carbocycles.